The van der Waals surface area contributed by atoms with Crippen molar-refractivity contribution >= 4 is 26.5 Å². The number of nitrogens with one attached hydrogen (secondary N) is 1. The van der Waals surface area contributed by atoms with Crippen LogP contribution in [0.4, 0.5) is 5.13 Å². The SMILES string of the molecule is CC(C)c1nn(-c2ccccc2)cc1CNc1ncc(S(N)(=O)=O)s1. The molecule has 0 amide bonds. The van der Waals surface area contributed by atoms with Gasteiger partial charge in [-0.1, -0.05) is 43.4 Å². The van der Waals surface area contributed by atoms with Gasteiger partial charge in [-0.2, -0.15) is 5.10 Å². The summed E-state index contributed by atoms with van der Waals surface area (Å²) in [6.07, 6.45) is 3.24. The highest BCUT2D eigenvalue weighted by Crippen LogP contribution is 2.24. The van der Waals surface area contributed by atoms with Crippen molar-refractivity contribution in [3.63, 3.8) is 0 Å². The van der Waals surface area contributed by atoms with Crippen molar-refractivity contribution in [1.82, 2.24) is 14.8 Å². The average molecular weight is 377 g/mol. The molecule has 3 rings (SSSR count). The fourth-order valence-corrected chi connectivity index (χ4v) is 3.85. The van der Waals surface area contributed by atoms with E-state index in [1.165, 1.54) is 6.20 Å². The number of aromatic nitrogens is 3. The minimum absolute atomic E-state index is 0.0408. The molecule has 1 aromatic carbocycles. The van der Waals surface area contributed by atoms with Gasteiger partial charge in [-0.25, -0.2) is 23.2 Å². The minimum atomic E-state index is -3.72. The molecule has 3 N–H and O–H groups in total. The first-order valence-corrected chi connectivity index (χ1v) is 10.1. The number of thiazole rings is 1. The molecule has 0 unspecified atom stereocenters. The fraction of sp³-hybridized carbons (Fsp3) is 0.250. The first-order valence-electron chi connectivity index (χ1n) is 7.71. The van der Waals surface area contributed by atoms with Crippen LogP contribution in [-0.2, 0) is 16.6 Å². The van der Waals surface area contributed by atoms with Crippen LogP contribution >= 0.6 is 11.3 Å². The zero-order chi connectivity index (χ0) is 18.0. The first kappa shape index (κ1) is 17.6. The number of hydrogen-bond acceptors (Lipinski definition) is 6. The van der Waals surface area contributed by atoms with Crippen molar-refractivity contribution in [2.75, 3.05) is 5.32 Å². The van der Waals surface area contributed by atoms with Crippen LogP contribution < -0.4 is 10.5 Å². The Morgan fingerprint density at radius 3 is 2.60 bits per heavy atom. The van der Waals surface area contributed by atoms with Gasteiger partial charge in [-0.3, -0.25) is 0 Å². The molecular weight excluding hydrogens is 358 g/mol. The Morgan fingerprint density at radius 1 is 1.28 bits per heavy atom. The van der Waals surface area contributed by atoms with Gasteiger partial charge in [0.15, 0.2) is 9.34 Å². The van der Waals surface area contributed by atoms with Gasteiger partial charge in [-0.05, 0) is 18.1 Å². The Labute approximate surface area is 150 Å². The van der Waals surface area contributed by atoms with E-state index in [0.29, 0.717) is 11.7 Å². The van der Waals surface area contributed by atoms with Gasteiger partial charge in [0.1, 0.15) is 0 Å². The normalized spacial score (nSPS) is 11.8. The number of benzene rings is 1. The lowest BCUT2D eigenvalue weighted by Gasteiger charge is -2.05. The first-order chi connectivity index (χ1) is 11.8. The zero-order valence-electron chi connectivity index (χ0n) is 13.9. The number of nitrogens with two attached hydrogens (primary N) is 1. The number of hydrogen-bond donors (Lipinski definition) is 2. The van der Waals surface area contributed by atoms with Crippen LogP contribution in [0.15, 0.2) is 46.9 Å². The number of primary sulfonamides is 1. The molecule has 2 aromatic heterocycles. The van der Waals surface area contributed by atoms with Gasteiger partial charge in [0, 0.05) is 18.3 Å². The second-order valence-electron chi connectivity index (χ2n) is 5.86. The predicted octanol–water partition coefficient (Wildman–Crippen LogP) is 2.71. The molecule has 0 atom stereocenters. The van der Waals surface area contributed by atoms with Gasteiger partial charge in [-0.15, -0.1) is 0 Å². The van der Waals surface area contributed by atoms with Crippen LogP contribution in [0.2, 0.25) is 0 Å². The van der Waals surface area contributed by atoms with E-state index in [4.69, 9.17) is 5.14 Å². The molecule has 7 nitrogen and oxygen atoms in total. The van der Waals surface area contributed by atoms with E-state index in [1.54, 1.807) is 0 Å². The maximum Gasteiger partial charge on any atom is 0.249 e. The summed E-state index contributed by atoms with van der Waals surface area (Å²) in [5.41, 5.74) is 3.01. The Hall–Kier alpha value is -2.23. The van der Waals surface area contributed by atoms with Crippen LogP contribution in [-0.4, -0.2) is 23.2 Å². The van der Waals surface area contributed by atoms with E-state index >= 15 is 0 Å². The van der Waals surface area contributed by atoms with Crippen molar-refractivity contribution in [2.45, 2.75) is 30.5 Å². The highest BCUT2D eigenvalue weighted by Gasteiger charge is 2.15. The van der Waals surface area contributed by atoms with E-state index in [9.17, 15) is 8.42 Å². The van der Waals surface area contributed by atoms with Crippen LogP contribution in [0, 0.1) is 0 Å². The lowest BCUT2D eigenvalue weighted by molar-refractivity contribution is 0.599. The summed E-state index contributed by atoms with van der Waals surface area (Å²) in [7, 11) is -3.72. The number of nitrogens with zero attached hydrogens (tertiary/aromatic N) is 3. The highest BCUT2D eigenvalue weighted by molar-refractivity contribution is 7.91. The van der Waals surface area contributed by atoms with Crippen molar-refractivity contribution in [1.29, 1.82) is 0 Å². The predicted molar refractivity (Wildman–Crippen MR) is 98.5 cm³/mol. The molecular formula is C16H19N5O2S2. The van der Waals surface area contributed by atoms with E-state index < -0.39 is 10.0 Å². The van der Waals surface area contributed by atoms with Gasteiger partial charge >= 0.3 is 0 Å². The Kier molecular flexibility index (Phi) is 4.89. The Bertz CT molecular complexity index is 962. The van der Waals surface area contributed by atoms with Gasteiger partial charge in [0.2, 0.25) is 10.0 Å². The maximum atomic E-state index is 11.3. The third-order valence-corrected chi connectivity index (χ3v) is 5.95. The van der Waals surface area contributed by atoms with E-state index in [1.807, 2.05) is 41.2 Å². The van der Waals surface area contributed by atoms with Gasteiger partial charge in [0.05, 0.1) is 17.6 Å². The molecule has 0 saturated carbocycles. The van der Waals surface area contributed by atoms with E-state index in [2.05, 4.69) is 29.2 Å². The number of sulfonamides is 1. The summed E-state index contributed by atoms with van der Waals surface area (Å²) >= 11 is 1.01. The molecule has 0 radical (unpaired) electrons. The fourth-order valence-electron chi connectivity index (χ4n) is 2.40. The molecule has 0 spiro atoms. The lowest BCUT2D eigenvalue weighted by Crippen LogP contribution is -2.09. The van der Waals surface area contributed by atoms with Crippen LogP contribution in [0.25, 0.3) is 5.69 Å². The summed E-state index contributed by atoms with van der Waals surface area (Å²) in [6.45, 7) is 4.67. The topological polar surface area (TPSA) is 103 Å². The molecule has 3 aromatic rings. The summed E-state index contributed by atoms with van der Waals surface area (Å²) in [5.74, 6) is 0.262. The largest absolute Gasteiger partial charge is 0.357 e. The molecule has 2 heterocycles. The third kappa shape index (κ3) is 4.06. The highest BCUT2D eigenvalue weighted by atomic mass is 32.2. The monoisotopic (exact) mass is 377 g/mol. The molecule has 0 bridgehead atoms. The van der Waals surface area contributed by atoms with Crippen LogP contribution in [0.1, 0.15) is 31.0 Å². The number of anilines is 1. The van der Waals surface area contributed by atoms with Crippen molar-refractivity contribution in [3.05, 3.63) is 54.0 Å². The van der Waals surface area contributed by atoms with Gasteiger partial charge in [0.25, 0.3) is 0 Å². The van der Waals surface area contributed by atoms with Crippen molar-refractivity contribution in [3.8, 4) is 5.69 Å². The molecule has 132 valence electrons. The summed E-state index contributed by atoms with van der Waals surface area (Å²) in [6, 6.07) is 9.88. The molecule has 0 fully saturated rings. The quantitative estimate of drug-likeness (QED) is 0.687. The summed E-state index contributed by atoms with van der Waals surface area (Å²) < 4.78 is 24.6. The minimum Gasteiger partial charge on any atom is -0.357 e. The Balaban J connectivity index is 1.82. The van der Waals surface area contributed by atoms with Crippen molar-refractivity contribution < 1.29 is 8.42 Å². The van der Waals surface area contributed by atoms with Gasteiger partial charge < -0.3 is 5.32 Å². The van der Waals surface area contributed by atoms with E-state index in [0.717, 1.165) is 28.3 Å². The van der Waals surface area contributed by atoms with Crippen molar-refractivity contribution in [2.24, 2.45) is 5.14 Å². The maximum absolute atomic E-state index is 11.3. The number of para-hydroxylation sites is 1. The smallest absolute Gasteiger partial charge is 0.249 e. The molecule has 25 heavy (non-hydrogen) atoms. The summed E-state index contributed by atoms with van der Waals surface area (Å²) in [4.78, 5) is 4.06. The summed E-state index contributed by atoms with van der Waals surface area (Å²) in [5, 5.41) is 13.4. The Morgan fingerprint density at radius 2 is 2.00 bits per heavy atom. The van der Waals surface area contributed by atoms with E-state index in [-0.39, 0.29) is 10.1 Å². The second-order valence-corrected chi connectivity index (χ2v) is 8.68. The van der Waals surface area contributed by atoms with Crippen LogP contribution in [0.5, 0.6) is 0 Å². The average Bonchev–Trinajstić information content (AvgIpc) is 3.20. The standard InChI is InChI=1S/C16H19N5O2S2/c1-11(2)15-12(10-21(20-15)13-6-4-3-5-7-13)8-18-16-19-9-14(24-16)25(17,22)23/h3-7,9-11H,8H2,1-2H3,(H,18,19)(H2,17,22,23). The molecule has 9 heteroatoms. The second kappa shape index (κ2) is 6.95. The number of rotatable bonds is 6. The zero-order valence-corrected chi connectivity index (χ0v) is 15.5. The molecule has 0 aliphatic heterocycles. The molecule has 0 aliphatic rings. The molecule has 0 saturated heterocycles. The third-order valence-electron chi connectivity index (χ3n) is 3.59. The van der Waals surface area contributed by atoms with Crippen LogP contribution in [0.3, 0.4) is 0 Å². The molecule has 0 aliphatic carbocycles. The lowest BCUT2D eigenvalue weighted by atomic mass is 10.1.